The van der Waals surface area contributed by atoms with Crippen LogP contribution in [0, 0.1) is 5.92 Å². The summed E-state index contributed by atoms with van der Waals surface area (Å²) in [7, 11) is 0. The Morgan fingerprint density at radius 3 is 2.58 bits per heavy atom. The fourth-order valence-electron chi connectivity index (χ4n) is 2.81. The summed E-state index contributed by atoms with van der Waals surface area (Å²) in [5.74, 6) is 0.690. The van der Waals surface area contributed by atoms with Crippen LogP contribution in [0.3, 0.4) is 0 Å². The third-order valence-corrected chi connectivity index (χ3v) is 3.93. The first kappa shape index (κ1) is 14.5. The maximum Gasteiger partial charge on any atom is 0.0779 e. The van der Waals surface area contributed by atoms with Crippen LogP contribution in [0.5, 0.6) is 0 Å². The van der Waals surface area contributed by atoms with Gasteiger partial charge >= 0.3 is 0 Å². The molecule has 1 aliphatic rings. The number of hydrogen-bond donors (Lipinski definition) is 1. The van der Waals surface area contributed by atoms with Gasteiger partial charge < -0.3 is 10.1 Å². The van der Waals surface area contributed by atoms with E-state index in [0.29, 0.717) is 12.0 Å². The van der Waals surface area contributed by atoms with Crippen molar-refractivity contribution in [2.24, 2.45) is 5.92 Å². The SMILES string of the molecule is CC(C)CC(NCC1(C)CCCO1)c1ccccc1. The Morgan fingerprint density at radius 1 is 1.26 bits per heavy atom. The minimum Gasteiger partial charge on any atom is -0.374 e. The Labute approximate surface area is 117 Å². The molecule has 0 aromatic heterocycles. The molecule has 19 heavy (non-hydrogen) atoms. The van der Waals surface area contributed by atoms with Crippen LogP contribution in [0.15, 0.2) is 30.3 Å². The Bertz CT molecular complexity index is 368. The van der Waals surface area contributed by atoms with Gasteiger partial charge in [-0.3, -0.25) is 0 Å². The summed E-state index contributed by atoms with van der Waals surface area (Å²) in [5.41, 5.74) is 1.42. The molecule has 1 heterocycles. The summed E-state index contributed by atoms with van der Waals surface area (Å²) in [5, 5.41) is 3.72. The molecule has 1 aromatic carbocycles. The third-order valence-electron chi connectivity index (χ3n) is 3.93. The fraction of sp³-hybridized carbons (Fsp3) is 0.647. The van der Waals surface area contributed by atoms with Crippen LogP contribution < -0.4 is 5.32 Å². The van der Waals surface area contributed by atoms with Gasteiger partial charge in [0.1, 0.15) is 0 Å². The van der Waals surface area contributed by atoms with Gasteiger partial charge in [-0.2, -0.15) is 0 Å². The Hall–Kier alpha value is -0.860. The fourth-order valence-corrected chi connectivity index (χ4v) is 2.81. The van der Waals surface area contributed by atoms with Gasteiger partial charge in [0.05, 0.1) is 5.60 Å². The molecule has 1 N–H and O–H groups in total. The van der Waals surface area contributed by atoms with Crippen molar-refractivity contribution < 1.29 is 4.74 Å². The minimum absolute atomic E-state index is 0.0318. The quantitative estimate of drug-likeness (QED) is 0.837. The topological polar surface area (TPSA) is 21.3 Å². The van der Waals surface area contributed by atoms with E-state index in [-0.39, 0.29) is 5.60 Å². The normalized spacial score (nSPS) is 24.8. The van der Waals surface area contributed by atoms with Gasteiger partial charge in [0.15, 0.2) is 0 Å². The second-order valence-electron chi connectivity index (χ2n) is 6.38. The smallest absolute Gasteiger partial charge is 0.0779 e. The summed E-state index contributed by atoms with van der Waals surface area (Å²) in [6, 6.07) is 11.2. The summed E-state index contributed by atoms with van der Waals surface area (Å²) < 4.78 is 5.87. The van der Waals surface area contributed by atoms with Crippen LogP contribution in [0.1, 0.15) is 51.6 Å². The van der Waals surface area contributed by atoms with Gasteiger partial charge in [0.25, 0.3) is 0 Å². The zero-order valence-electron chi connectivity index (χ0n) is 12.5. The Morgan fingerprint density at radius 2 is 2.00 bits per heavy atom. The first-order valence-electron chi connectivity index (χ1n) is 7.51. The lowest BCUT2D eigenvalue weighted by molar-refractivity contribution is 0.0182. The van der Waals surface area contributed by atoms with Crippen molar-refractivity contribution in [2.45, 2.75) is 51.7 Å². The van der Waals surface area contributed by atoms with Crippen LogP contribution in [-0.4, -0.2) is 18.8 Å². The molecule has 1 fully saturated rings. The second-order valence-corrected chi connectivity index (χ2v) is 6.38. The van der Waals surface area contributed by atoms with E-state index in [1.807, 2.05) is 0 Å². The number of benzene rings is 1. The van der Waals surface area contributed by atoms with Crippen LogP contribution in [0.2, 0.25) is 0 Å². The second kappa shape index (κ2) is 6.53. The molecular weight excluding hydrogens is 234 g/mol. The van der Waals surface area contributed by atoms with Crippen molar-refractivity contribution >= 4 is 0 Å². The van der Waals surface area contributed by atoms with E-state index in [9.17, 15) is 0 Å². The van der Waals surface area contributed by atoms with Gasteiger partial charge in [0.2, 0.25) is 0 Å². The lowest BCUT2D eigenvalue weighted by atomic mass is 9.95. The Kier molecular flexibility index (Phi) is 5.00. The van der Waals surface area contributed by atoms with Gasteiger partial charge in [-0.1, -0.05) is 44.2 Å². The molecule has 0 radical (unpaired) electrons. The van der Waals surface area contributed by atoms with Crippen molar-refractivity contribution in [3.8, 4) is 0 Å². The van der Waals surface area contributed by atoms with E-state index < -0.39 is 0 Å². The summed E-state index contributed by atoms with van der Waals surface area (Å²) in [6.07, 6.45) is 3.53. The van der Waals surface area contributed by atoms with E-state index in [4.69, 9.17) is 4.74 Å². The van der Waals surface area contributed by atoms with Crippen molar-refractivity contribution in [3.63, 3.8) is 0 Å². The zero-order chi connectivity index (χ0) is 13.7. The van der Waals surface area contributed by atoms with Gasteiger partial charge in [-0.05, 0) is 37.7 Å². The van der Waals surface area contributed by atoms with E-state index in [0.717, 1.165) is 13.2 Å². The number of rotatable bonds is 6. The first-order chi connectivity index (χ1) is 9.09. The van der Waals surface area contributed by atoms with Gasteiger partial charge in [-0.15, -0.1) is 0 Å². The standard InChI is InChI=1S/C17H27NO/c1-14(2)12-16(15-8-5-4-6-9-15)18-13-17(3)10-7-11-19-17/h4-6,8-9,14,16,18H,7,10-13H2,1-3H3. The average Bonchev–Trinajstić information content (AvgIpc) is 2.83. The summed E-state index contributed by atoms with van der Waals surface area (Å²) >= 11 is 0. The molecule has 1 aromatic rings. The Balaban J connectivity index is 1.98. The molecule has 2 rings (SSSR count). The maximum absolute atomic E-state index is 5.87. The highest BCUT2D eigenvalue weighted by atomic mass is 16.5. The molecule has 2 atom stereocenters. The lowest BCUT2D eigenvalue weighted by Crippen LogP contribution is -2.39. The molecule has 0 spiro atoms. The summed E-state index contributed by atoms with van der Waals surface area (Å²) in [6.45, 7) is 8.65. The number of nitrogens with one attached hydrogen (secondary N) is 1. The van der Waals surface area contributed by atoms with Crippen molar-refractivity contribution in [1.82, 2.24) is 5.32 Å². The van der Waals surface area contributed by atoms with Crippen LogP contribution in [0.4, 0.5) is 0 Å². The zero-order valence-corrected chi connectivity index (χ0v) is 12.5. The molecule has 2 unspecified atom stereocenters. The summed E-state index contributed by atoms with van der Waals surface area (Å²) in [4.78, 5) is 0. The van der Waals surface area contributed by atoms with Crippen LogP contribution in [0.25, 0.3) is 0 Å². The molecule has 0 amide bonds. The molecule has 2 nitrogen and oxygen atoms in total. The monoisotopic (exact) mass is 261 g/mol. The van der Waals surface area contributed by atoms with E-state index >= 15 is 0 Å². The van der Waals surface area contributed by atoms with Crippen LogP contribution in [-0.2, 0) is 4.74 Å². The molecule has 0 bridgehead atoms. The van der Waals surface area contributed by atoms with Crippen LogP contribution >= 0.6 is 0 Å². The largest absolute Gasteiger partial charge is 0.374 e. The number of hydrogen-bond acceptors (Lipinski definition) is 2. The predicted octanol–water partition coefficient (Wildman–Crippen LogP) is 3.93. The predicted molar refractivity (Wildman–Crippen MR) is 80.2 cm³/mol. The highest BCUT2D eigenvalue weighted by molar-refractivity contribution is 5.19. The third kappa shape index (κ3) is 4.32. The highest BCUT2D eigenvalue weighted by Gasteiger charge is 2.30. The molecule has 0 aliphatic carbocycles. The average molecular weight is 261 g/mol. The molecule has 0 saturated carbocycles. The van der Waals surface area contributed by atoms with E-state index in [1.54, 1.807) is 0 Å². The molecule has 106 valence electrons. The molecule has 2 heteroatoms. The first-order valence-corrected chi connectivity index (χ1v) is 7.51. The molecular formula is C17H27NO. The molecule has 1 aliphatic heterocycles. The van der Waals surface area contributed by atoms with Gasteiger partial charge in [0, 0.05) is 19.2 Å². The number of ether oxygens (including phenoxy) is 1. The van der Waals surface area contributed by atoms with E-state index in [2.05, 4.69) is 56.4 Å². The molecule has 1 saturated heterocycles. The maximum atomic E-state index is 5.87. The lowest BCUT2D eigenvalue weighted by Gasteiger charge is -2.28. The van der Waals surface area contributed by atoms with Gasteiger partial charge in [-0.25, -0.2) is 0 Å². The van der Waals surface area contributed by atoms with E-state index in [1.165, 1.54) is 24.8 Å². The van der Waals surface area contributed by atoms with Crippen molar-refractivity contribution in [1.29, 1.82) is 0 Å². The highest BCUT2D eigenvalue weighted by Crippen LogP contribution is 2.27. The minimum atomic E-state index is 0.0318. The van der Waals surface area contributed by atoms with Crippen molar-refractivity contribution in [3.05, 3.63) is 35.9 Å². The van der Waals surface area contributed by atoms with Crippen molar-refractivity contribution in [2.75, 3.05) is 13.2 Å².